The van der Waals surface area contributed by atoms with Crippen molar-refractivity contribution in [1.82, 2.24) is 15.1 Å². The summed E-state index contributed by atoms with van der Waals surface area (Å²) in [6.07, 6.45) is -2.35. The predicted molar refractivity (Wildman–Crippen MR) is 61.0 cm³/mol. The molecular formula is C11H18F3N3O. The molecule has 0 fully saturated rings. The quantitative estimate of drug-likeness (QED) is 0.766. The molecule has 0 saturated carbocycles. The largest absolute Gasteiger partial charge is 0.433 e. The minimum atomic E-state index is -4.37. The fourth-order valence-corrected chi connectivity index (χ4v) is 1.64. The summed E-state index contributed by atoms with van der Waals surface area (Å²) in [5.74, 6) is 0. The molecule has 0 bridgehead atoms. The molecule has 1 N–H and O–H groups in total. The van der Waals surface area contributed by atoms with Crippen molar-refractivity contribution in [3.8, 4) is 0 Å². The van der Waals surface area contributed by atoms with E-state index in [1.54, 1.807) is 0 Å². The maximum atomic E-state index is 12.7. The van der Waals surface area contributed by atoms with Crippen LogP contribution >= 0.6 is 0 Å². The van der Waals surface area contributed by atoms with Gasteiger partial charge in [-0.05, 0) is 19.9 Å². The van der Waals surface area contributed by atoms with Crippen molar-refractivity contribution < 1.29 is 17.9 Å². The van der Waals surface area contributed by atoms with Gasteiger partial charge in [0.05, 0.1) is 6.20 Å². The molecule has 1 heterocycles. The van der Waals surface area contributed by atoms with E-state index in [1.165, 1.54) is 13.2 Å². The minimum Gasteiger partial charge on any atom is -0.382 e. The summed E-state index contributed by atoms with van der Waals surface area (Å²) in [5, 5.41) is 6.60. The van der Waals surface area contributed by atoms with Crippen molar-refractivity contribution in [3.63, 3.8) is 0 Å². The Morgan fingerprint density at radius 2 is 2.17 bits per heavy atom. The molecule has 18 heavy (non-hydrogen) atoms. The Bertz CT molecular complexity index is 363. The second-order valence-corrected chi connectivity index (χ2v) is 3.87. The summed E-state index contributed by atoms with van der Waals surface area (Å²) >= 11 is 0. The number of rotatable bonds is 7. The summed E-state index contributed by atoms with van der Waals surface area (Å²) in [6.45, 7) is 3.95. The Labute approximate surface area is 104 Å². The Balaban J connectivity index is 2.43. The highest BCUT2D eigenvalue weighted by Crippen LogP contribution is 2.31. The van der Waals surface area contributed by atoms with Crippen molar-refractivity contribution in [3.05, 3.63) is 17.5 Å². The van der Waals surface area contributed by atoms with Gasteiger partial charge in [0.15, 0.2) is 0 Å². The van der Waals surface area contributed by atoms with Crippen molar-refractivity contribution in [2.75, 3.05) is 19.8 Å². The van der Waals surface area contributed by atoms with Crippen molar-refractivity contribution >= 4 is 0 Å². The lowest BCUT2D eigenvalue weighted by molar-refractivity contribution is -0.144. The predicted octanol–water partition coefficient (Wildman–Crippen LogP) is 1.96. The lowest BCUT2D eigenvalue weighted by Gasteiger charge is -2.10. The van der Waals surface area contributed by atoms with Crippen LogP contribution in [0.1, 0.15) is 24.6 Å². The molecule has 0 radical (unpaired) electrons. The first-order valence-corrected chi connectivity index (χ1v) is 5.83. The molecule has 1 aromatic rings. The van der Waals surface area contributed by atoms with Gasteiger partial charge in [0.2, 0.25) is 0 Å². The smallest absolute Gasteiger partial charge is 0.382 e. The zero-order valence-corrected chi connectivity index (χ0v) is 10.5. The van der Waals surface area contributed by atoms with Gasteiger partial charge in [0.25, 0.3) is 0 Å². The van der Waals surface area contributed by atoms with Gasteiger partial charge >= 0.3 is 6.18 Å². The van der Waals surface area contributed by atoms with Gasteiger partial charge < -0.3 is 10.1 Å². The minimum absolute atomic E-state index is 0.162. The highest BCUT2D eigenvalue weighted by Gasteiger charge is 2.36. The van der Waals surface area contributed by atoms with Gasteiger partial charge in [0, 0.05) is 32.4 Å². The molecule has 104 valence electrons. The van der Waals surface area contributed by atoms with Crippen molar-refractivity contribution in [1.29, 1.82) is 0 Å². The van der Waals surface area contributed by atoms with E-state index < -0.39 is 11.9 Å². The fraction of sp³-hybridized carbons (Fsp3) is 0.727. The highest BCUT2D eigenvalue weighted by atomic mass is 19.4. The normalized spacial score (nSPS) is 12.1. The molecule has 7 heteroatoms. The van der Waals surface area contributed by atoms with E-state index in [9.17, 15) is 13.2 Å². The zero-order chi connectivity index (χ0) is 13.6. The summed E-state index contributed by atoms with van der Waals surface area (Å²) < 4.78 is 44.1. The van der Waals surface area contributed by atoms with Crippen LogP contribution in [0.5, 0.6) is 0 Å². The molecular weight excluding hydrogens is 247 g/mol. The lowest BCUT2D eigenvalue weighted by atomic mass is 10.2. The van der Waals surface area contributed by atoms with Crippen LogP contribution in [-0.2, 0) is 24.5 Å². The molecule has 1 rings (SSSR count). The SMILES string of the molecule is CCOCCCNCc1cnn(C)c1C(F)(F)F. The van der Waals surface area contributed by atoms with E-state index in [0.29, 0.717) is 19.8 Å². The summed E-state index contributed by atoms with van der Waals surface area (Å²) in [6, 6.07) is 0. The molecule has 4 nitrogen and oxygen atoms in total. The number of hydrogen-bond donors (Lipinski definition) is 1. The molecule has 1 aromatic heterocycles. The van der Waals surface area contributed by atoms with Crippen LogP contribution in [0.2, 0.25) is 0 Å². The first-order chi connectivity index (χ1) is 8.46. The van der Waals surface area contributed by atoms with E-state index >= 15 is 0 Å². The van der Waals surface area contributed by atoms with E-state index in [2.05, 4.69) is 10.4 Å². The van der Waals surface area contributed by atoms with Gasteiger partial charge in [-0.15, -0.1) is 0 Å². The Morgan fingerprint density at radius 3 is 2.78 bits per heavy atom. The summed E-state index contributed by atoms with van der Waals surface area (Å²) in [7, 11) is 1.29. The van der Waals surface area contributed by atoms with Gasteiger partial charge in [-0.25, -0.2) is 0 Å². The Morgan fingerprint density at radius 1 is 1.44 bits per heavy atom. The van der Waals surface area contributed by atoms with Gasteiger partial charge in [0.1, 0.15) is 5.69 Å². The Hall–Kier alpha value is -1.08. The zero-order valence-electron chi connectivity index (χ0n) is 10.5. The van der Waals surface area contributed by atoms with E-state index in [0.717, 1.165) is 11.1 Å². The first-order valence-electron chi connectivity index (χ1n) is 5.83. The first kappa shape index (κ1) is 15.0. The van der Waals surface area contributed by atoms with Crippen LogP contribution in [0.25, 0.3) is 0 Å². The summed E-state index contributed by atoms with van der Waals surface area (Å²) in [4.78, 5) is 0. The molecule has 0 aliphatic rings. The van der Waals surface area contributed by atoms with Crippen LogP contribution in [0.4, 0.5) is 13.2 Å². The topological polar surface area (TPSA) is 39.1 Å². The number of nitrogens with one attached hydrogen (secondary N) is 1. The fourth-order valence-electron chi connectivity index (χ4n) is 1.64. The van der Waals surface area contributed by atoms with E-state index in [4.69, 9.17) is 4.74 Å². The number of aryl methyl sites for hydroxylation is 1. The van der Waals surface area contributed by atoms with Gasteiger partial charge in [-0.1, -0.05) is 0 Å². The standard InChI is InChI=1S/C11H18F3N3O/c1-3-18-6-4-5-15-7-9-8-16-17(2)10(9)11(12,13)14/h8,15H,3-7H2,1-2H3. The lowest BCUT2D eigenvalue weighted by Crippen LogP contribution is -2.20. The molecule has 0 aliphatic carbocycles. The third-order valence-corrected chi connectivity index (χ3v) is 2.44. The van der Waals surface area contributed by atoms with E-state index in [1.807, 2.05) is 6.92 Å². The van der Waals surface area contributed by atoms with Crippen LogP contribution in [0, 0.1) is 0 Å². The second-order valence-electron chi connectivity index (χ2n) is 3.87. The van der Waals surface area contributed by atoms with Crippen molar-refractivity contribution in [2.45, 2.75) is 26.1 Å². The number of hydrogen-bond acceptors (Lipinski definition) is 3. The number of alkyl halides is 3. The molecule has 0 aliphatic heterocycles. The average molecular weight is 265 g/mol. The number of ether oxygens (including phenoxy) is 1. The van der Waals surface area contributed by atoms with Crippen LogP contribution in [0.3, 0.4) is 0 Å². The number of nitrogens with zero attached hydrogens (tertiary/aromatic N) is 2. The third-order valence-electron chi connectivity index (χ3n) is 2.44. The van der Waals surface area contributed by atoms with Gasteiger partial charge in [-0.3, -0.25) is 4.68 Å². The van der Waals surface area contributed by atoms with Crippen LogP contribution in [0.15, 0.2) is 6.20 Å². The molecule has 0 spiro atoms. The maximum absolute atomic E-state index is 12.7. The third kappa shape index (κ3) is 4.30. The molecule has 0 unspecified atom stereocenters. The van der Waals surface area contributed by atoms with Crippen molar-refractivity contribution in [2.24, 2.45) is 7.05 Å². The molecule has 0 aromatic carbocycles. The highest BCUT2D eigenvalue weighted by molar-refractivity contribution is 5.20. The Kier molecular flexibility index (Phi) is 5.61. The van der Waals surface area contributed by atoms with E-state index in [-0.39, 0.29) is 12.1 Å². The maximum Gasteiger partial charge on any atom is 0.433 e. The number of aromatic nitrogens is 2. The second kappa shape index (κ2) is 6.75. The molecule has 0 amide bonds. The van der Waals surface area contributed by atoms with Crippen LogP contribution in [-0.4, -0.2) is 29.5 Å². The molecule has 0 saturated heterocycles. The number of halogens is 3. The summed E-state index contributed by atoms with van der Waals surface area (Å²) in [5.41, 5.74) is -0.527. The van der Waals surface area contributed by atoms with Gasteiger partial charge in [-0.2, -0.15) is 18.3 Å². The molecule has 0 atom stereocenters. The monoisotopic (exact) mass is 265 g/mol. The van der Waals surface area contributed by atoms with Crippen LogP contribution < -0.4 is 5.32 Å². The average Bonchev–Trinajstić information content (AvgIpc) is 2.64.